The summed E-state index contributed by atoms with van der Waals surface area (Å²) in [7, 11) is 1.29. The summed E-state index contributed by atoms with van der Waals surface area (Å²) in [6, 6.07) is 5.06. The van der Waals surface area contributed by atoms with Crippen molar-refractivity contribution in [1.29, 1.82) is 5.26 Å². The maximum absolute atomic E-state index is 13.1. The van der Waals surface area contributed by atoms with Crippen molar-refractivity contribution >= 4 is 40.6 Å². The molecule has 0 fully saturated rings. The Kier molecular flexibility index (Phi) is 6.73. The minimum atomic E-state index is -5.25. The molecule has 0 radical (unpaired) electrons. The summed E-state index contributed by atoms with van der Waals surface area (Å²) >= 11 is 11.7. The van der Waals surface area contributed by atoms with Crippen LogP contribution in [-0.2, 0) is 17.1 Å². The molecule has 160 valence electrons. The van der Waals surface area contributed by atoms with Crippen LogP contribution in [0.5, 0.6) is 0 Å². The molecular formula is C17H10Cl2F6N4O. The smallest absolute Gasteiger partial charge is 0.360 e. The molecule has 5 nitrogen and oxygen atoms in total. The second-order valence-electron chi connectivity index (χ2n) is 5.82. The third kappa shape index (κ3) is 5.46. The first-order valence-electron chi connectivity index (χ1n) is 7.80. The van der Waals surface area contributed by atoms with Crippen LogP contribution in [0.2, 0.25) is 10.0 Å². The molecule has 0 atom stereocenters. The Morgan fingerprint density at radius 2 is 1.67 bits per heavy atom. The van der Waals surface area contributed by atoms with Crippen LogP contribution < -0.4 is 10.2 Å². The van der Waals surface area contributed by atoms with Gasteiger partial charge < -0.3 is 10.2 Å². The normalized spacial score (nSPS) is 11.7. The molecular weight excluding hydrogens is 461 g/mol. The van der Waals surface area contributed by atoms with Gasteiger partial charge in [-0.1, -0.05) is 23.2 Å². The molecule has 0 aliphatic rings. The van der Waals surface area contributed by atoms with Crippen LogP contribution in [-0.4, -0.2) is 24.5 Å². The summed E-state index contributed by atoms with van der Waals surface area (Å²) < 4.78 is 78.3. The number of hydrogen-bond acceptors (Lipinski definition) is 4. The topological polar surface area (TPSA) is 69.0 Å². The molecule has 2 rings (SSSR count). The van der Waals surface area contributed by atoms with Crippen LogP contribution in [0.25, 0.3) is 0 Å². The number of alkyl halides is 6. The Labute approximate surface area is 175 Å². The number of carbonyl (C=O) groups is 1. The maximum atomic E-state index is 13.1. The van der Waals surface area contributed by atoms with E-state index in [1.165, 1.54) is 31.3 Å². The summed E-state index contributed by atoms with van der Waals surface area (Å²) in [4.78, 5) is 16.4. The number of nitrogens with one attached hydrogen (secondary N) is 1. The standard InChI is InChI=1S/C17H10Cl2F6N4O/c1-29(10-3-8(18)2-9(19)4-10)14(30)7-27-15-11(6-26)12(16(20,21)22)5-13(28-15)17(23,24)25/h2-5H,7H2,1H3,(H,27,28). The Morgan fingerprint density at radius 1 is 1.10 bits per heavy atom. The first kappa shape index (κ1) is 23.6. The minimum Gasteiger partial charge on any atom is -0.360 e. The average Bonchev–Trinajstić information content (AvgIpc) is 2.62. The largest absolute Gasteiger partial charge is 0.433 e. The highest BCUT2D eigenvalue weighted by atomic mass is 35.5. The zero-order valence-electron chi connectivity index (χ0n) is 14.8. The third-order valence-corrected chi connectivity index (χ3v) is 4.18. The van der Waals surface area contributed by atoms with Crippen molar-refractivity contribution < 1.29 is 31.1 Å². The number of aromatic nitrogens is 1. The molecule has 30 heavy (non-hydrogen) atoms. The number of nitrogens with zero attached hydrogens (tertiary/aromatic N) is 3. The second-order valence-corrected chi connectivity index (χ2v) is 6.69. The molecule has 0 unspecified atom stereocenters. The Hall–Kier alpha value is -2.71. The zero-order chi connectivity index (χ0) is 22.9. The van der Waals surface area contributed by atoms with Gasteiger partial charge in [0, 0.05) is 22.8 Å². The first-order valence-corrected chi connectivity index (χ1v) is 8.55. The highest BCUT2D eigenvalue weighted by Gasteiger charge is 2.41. The number of rotatable bonds is 4. The van der Waals surface area contributed by atoms with Gasteiger partial charge in [0.15, 0.2) is 0 Å². The lowest BCUT2D eigenvalue weighted by Gasteiger charge is -2.20. The van der Waals surface area contributed by atoms with E-state index in [2.05, 4.69) is 10.3 Å². The van der Waals surface area contributed by atoms with E-state index in [0.717, 1.165) is 4.90 Å². The number of nitriles is 1. The van der Waals surface area contributed by atoms with E-state index >= 15 is 0 Å². The van der Waals surface area contributed by atoms with Crippen LogP contribution in [0.3, 0.4) is 0 Å². The van der Waals surface area contributed by atoms with Gasteiger partial charge in [0.05, 0.1) is 12.1 Å². The van der Waals surface area contributed by atoms with Gasteiger partial charge in [-0.25, -0.2) is 4.98 Å². The van der Waals surface area contributed by atoms with Gasteiger partial charge in [-0.2, -0.15) is 31.6 Å². The number of anilines is 2. The van der Waals surface area contributed by atoms with Crippen LogP contribution in [0.1, 0.15) is 16.8 Å². The lowest BCUT2D eigenvalue weighted by Crippen LogP contribution is -2.32. The molecule has 0 aliphatic heterocycles. The molecule has 1 heterocycles. The third-order valence-electron chi connectivity index (χ3n) is 3.74. The number of amides is 1. The monoisotopic (exact) mass is 470 g/mol. The SMILES string of the molecule is CN(C(=O)CNc1nc(C(F)(F)F)cc(C(F)(F)F)c1C#N)c1cc(Cl)cc(Cl)c1. The van der Waals surface area contributed by atoms with Gasteiger partial charge in [-0.05, 0) is 24.3 Å². The van der Waals surface area contributed by atoms with Crippen molar-refractivity contribution in [2.24, 2.45) is 0 Å². The Morgan fingerprint density at radius 3 is 2.13 bits per heavy atom. The second kappa shape index (κ2) is 8.57. The number of pyridine rings is 1. The van der Waals surface area contributed by atoms with Crippen LogP contribution in [0, 0.1) is 11.3 Å². The number of carbonyl (C=O) groups excluding carboxylic acids is 1. The number of hydrogen-bond donors (Lipinski definition) is 1. The van der Waals surface area contributed by atoms with Crippen molar-refractivity contribution in [3.63, 3.8) is 0 Å². The minimum absolute atomic E-state index is 0.200. The van der Waals surface area contributed by atoms with E-state index in [9.17, 15) is 31.1 Å². The van der Waals surface area contributed by atoms with Crippen molar-refractivity contribution in [2.45, 2.75) is 12.4 Å². The highest BCUT2D eigenvalue weighted by Crippen LogP contribution is 2.38. The van der Waals surface area contributed by atoms with E-state index in [-0.39, 0.29) is 21.8 Å². The van der Waals surface area contributed by atoms with Crippen LogP contribution >= 0.6 is 23.2 Å². The fourth-order valence-electron chi connectivity index (χ4n) is 2.31. The fraction of sp³-hybridized carbons (Fsp3) is 0.235. The lowest BCUT2D eigenvalue weighted by atomic mass is 10.1. The Bertz CT molecular complexity index is 997. The molecule has 2 aromatic rings. The van der Waals surface area contributed by atoms with E-state index in [4.69, 9.17) is 28.5 Å². The Balaban J connectivity index is 2.37. The number of halogens is 8. The van der Waals surface area contributed by atoms with Gasteiger partial charge in [0.25, 0.3) is 0 Å². The summed E-state index contributed by atoms with van der Waals surface area (Å²) in [5.41, 5.74) is -4.62. The van der Waals surface area contributed by atoms with Gasteiger partial charge in [0.1, 0.15) is 23.1 Å². The molecule has 1 aromatic carbocycles. The zero-order valence-corrected chi connectivity index (χ0v) is 16.3. The van der Waals surface area contributed by atoms with E-state index in [1.54, 1.807) is 0 Å². The predicted molar refractivity (Wildman–Crippen MR) is 97.3 cm³/mol. The molecule has 0 saturated heterocycles. The number of benzene rings is 1. The lowest BCUT2D eigenvalue weighted by molar-refractivity contribution is -0.145. The van der Waals surface area contributed by atoms with Gasteiger partial charge in [0.2, 0.25) is 5.91 Å². The van der Waals surface area contributed by atoms with Crippen LogP contribution in [0.4, 0.5) is 37.8 Å². The van der Waals surface area contributed by atoms with Gasteiger partial charge in [-0.3, -0.25) is 4.79 Å². The fourth-order valence-corrected chi connectivity index (χ4v) is 2.82. The van der Waals surface area contributed by atoms with Gasteiger partial charge in [-0.15, -0.1) is 0 Å². The molecule has 0 saturated carbocycles. The molecule has 0 aliphatic carbocycles. The molecule has 0 bridgehead atoms. The van der Waals surface area contributed by atoms with E-state index in [0.29, 0.717) is 0 Å². The van der Waals surface area contributed by atoms with Crippen molar-refractivity contribution in [2.75, 3.05) is 23.8 Å². The molecule has 1 aromatic heterocycles. The summed E-state index contributed by atoms with van der Waals surface area (Å²) in [6.45, 7) is -0.763. The predicted octanol–water partition coefficient (Wildman–Crippen LogP) is 5.37. The van der Waals surface area contributed by atoms with Gasteiger partial charge >= 0.3 is 12.4 Å². The summed E-state index contributed by atoms with van der Waals surface area (Å²) in [5, 5.41) is 11.5. The molecule has 13 heteroatoms. The van der Waals surface area contributed by atoms with Crippen molar-refractivity contribution in [3.05, 3.63) is 51.1 Å². The quantitative estimate of drug-likeness (QED) is 0.609. The van der Waals surface area contributed by atoms with E-state index < -0.39 is 47.4 Å². The molecule has 1 N–H and O–H groups in total. The first-order chi connectivity index (χ1) is 13.7. The maximum Gasteiger partial charge on any atom is 0.433 e. The van der Waals surface area contributed by atoms with Crippen LogP contribution in [0.15, 0.2) is 24.3 Å². The van der Waals surface area contributed by atoms with Crippen molar-refractivity contribution in [3.8, 4) is 6.07 Å². The average molecular weight is 471 g/mol. The molecule has 0 spiro atoms. The highest BCUT2D eigenvalue weighted by molar-refractivity contribution is 6.35. The van der Waals surface area contributed by atoms with Crippen molar-refractivity contribution in [1.82, 2.24) is 4.98 Å². The summed E-state index contributed by atoms with van der Waals surface area (Å²) in [5.74, 6) is -1.80. The molecule has 1 amide bonds. The number of likely N-dealkylation sites (N-methyl/N-ethyl adjacent to an activating group) is 1. The van der Waals surface area contributed by atoms with E-state index in [1.807, 2.05) is 0 Å². The summed E-state index contributed by atoms with van der Waals surface area (Å²) in [6.07, 6.45) is -10.5.